The maximum Gasteiger partial charge on any atom is 0.137 e. The second-order valence-electron chi connectivity index (χ2n) is 4.23. The van der Waals surface area contributed by atoms with Crippen LogP contribution in [0, 0.1) is 5.82 Å². The first-order valence-corrected chi connectivity index (χ1v) is 7.90. The van der Waals surface area contributed by atoms with Crippen LogP contribution in [0.3, 0.4) is 0 Å². The average molecular weight is 418 g/mol. The molecule has 3 aromatic rings. The highest BCUT2D eigenvalue weighted by Gasteiger charge is 2.13. The average Bonchev–Trinajstić information content (AvgIpc) is 2.79. The number of halogens is 4. The molecule has 0 unspecified atom stereocenters. The predicted molar refractivity (Wildman–Crippen MR) is 86.0 cm³/mol. The monoisotopic (exact) mass is 416 g/mol. The Balaban J connectivity index is 2.30. The number of nitrogens with zero attached hydrogens (tertiary/aromatic N) is 2. The van der Waals surface area contributed by atoms with Crippen LogP contribution in [0.25, 0.3) is 16.7 Å². The van der Waals surface area contributed by atoms with Crippen LogP contribution >= 0.6 is 43.5 Å². The fraction of sp³-hybridized carbons (Fsp3) is 0.0714. The summed E-state index contributed by atoms with van der Waals surface area (Å²) in [6.45, 7) is 0. The quantitative estimate of drug-likeness (QED) is 0.508. The SMILES string of the molecule is Fc1ccc(-n2c(CCl)nc3cc(Br)ccc32)cc1Br. The second kappa shape index (κ2) is 5.47. The topological polar surface area (TPSA) is 17.8 Å². The third-order valence-electron chi connectivity index (χ3n) is 2.97. The van der Waals surface area contributed by atoms with Gasteiger partial charge in [0, 0.05) is 10.2 Å². The van der Waals surface area contributed by atoms with Crippen LogP contribution in [0.4, 0.5) is 4.39 Å². The molecule has 0 aliphatic rings. The van der Waals surface area contributed by atoms with Crippen molar-refractivity contribution < 1.29 is 4.39 Å². The maximum atomic E-state index is 13.4. The second-order valence-corrected chi connectivity index (χ2v) is 6.27. The molecule has 102 valence electrons. The van der Waals surface area contributed by atoms with E-state index in [-0.39, 0.29) is 11.7 Å². The molecule has 0 spiro atoms. The van der Waals surface area contributed by atoms with Gasteiger partial charge in [-0.1, -0.05) is 15.9 Å². The Morgan fingerprint density at radius 1 is 1.15 bits per heavy atom. The Hall–Kier alpha value is -0.910. The standard InChI is InChI=1S/C14H8Br2ClFN2/c15-8-1-4-13-12(5-8)19-14(7-17)20(13)9-2-3-11(18)10(16)6-9/h1-6H,7H2. The number of alkyl halides is 1. The van der Waals surface area contributed by atoms with Gasteiger partial charge >= 0.3 is 0 Å². The summed E-state index contributed by atoms with van der Waals surface area (Å²) in [5.74, 6) is 0.702. The number of rotatable bonds is 2. The number of aromatic nitrogens is 2. The van der Waals surface area contributed by atoms with Crippen molar-refractivity contribution in [2.45, 2.75) is 5.88 Å². The van der Waals surface area contributed by atoms with Crippen LogP contribution in [-0.2, 0) is 5.88 Å². The van der Waals surface area contributed by atoms with Crippen molar-refractivity contribution >= 4 is 54.5 Å². The molecule has 20 heavy (non-hydrogen) atoms. The van der Waals surface area contributed by atoms with E-state index in [4.69, 9.17) is 11.6 Å². The summed E-state index contributed by atoms with van der Waals surface area (Å²) in [5.41, 5.74) is 2.59. The minimum atomic E-state index is -0.298. The molecule has 0 aliphatic carbocycles. The molecule has 0 saturated heterocycles. The van der Waals surface area contributed by atoms with Crippen LogP contribution in [0.5, 0.6) is 0 Å². The summed E-state index contributed by atoms with van der Waals surface area (Å²) in [6, 6.07) is 10.7. The Morgan fingerprint density at radius 3 is 2.65 bits per heavy atom. The molecular formula is C14H8Br2ClFN2. The molecule has 0 N–H and O–H groups in total. The lowest BCUT2D eigenvalue weighted by molar-refractivity contribution is 0.620. The molecule has 6 heteroatoms. The summed E-state index contributed by atoms with van der Waals surface area (Å²) >= 11 is 12.6. The molecule has 1 aromatic heterocycles. The van der Waals surface area contributed by atoms with E-state index in [1.807, 2.05) is 22.8 Å². The van der Waals surface area contributed by atoms with Gasteiger partial charge in [-0.15, -0.1) is 11.6 Å². The first-order valence-electron chi connectivity index (χ1n) is 5.78. The van der Waals surface area contributed by atoms with Crippen LogP contribution < -0.4 is 0 Å². The van der Waals surface area contributed by atoms with Crippen LogP contribution in [0.1, 0.15) is 5.82 Å². The number of hydrogen-bond donors (Lipinski definition) is 0. The molecule has 2 aromatic carbocycles. The van der Waals surface area contributed by atoms with Crippen molar-refractivity contribution in [3.05, 3.63) is 57.0 Å². The van der Waals surface area contributed by atoms with Crippen molar-refractivity contribution in [1.29, 1.82) is 0 Å². The fourth-order valence-corrected chi connectivity index (χ4v) is 3.00. The molecule has 0 amide bonds. The third kappa shape index (κ3) is 2.38. The zero-order chi connectivity index (χ0) is 14.3. The van der Waals surface area contributed by atoms with Crippen LogP contribution in [0.15, 0.2) is 45.3 Å². The van der Waals surface area contributed by atoms with Gasteiger partial charge < -0.3 is 0 Å². The summed E-state index contributed by atoms with van der Waals surface area (Å²) in [5, 5.41) is 0. The molecule has 0 bridgehead atoms. The van der Waals surface area contributed by atoms with Gasteiger partial charge in [0.05, 0.1) is 21.4 Å². The summed E-state index contributed by atoms with van der Waals surface area (Å²) < 4.78 is 16.7. The molecule has 3 rings (SSSR count). The van der Waals surface area contributed by atoms with Gasteiger partial charge in [-0.3, -0.25) is 4.57 Å². The molecule has 1 heterocycles. The third-order valence-corrected chi connectivity index (χ3v) is 4.31. The highest BCUT2D eigenvalue weighted by atomic mass is 79.9. The molecule has 0 radical (unpaired) electrons. The highest BCUT2D eigenvalue weighted by Crippen LogP contribution is 2.27. The van der Waals surface area contributed by atoms with E-state index in [9.17, 15) is 4.39 Å². The van der Waals surface area contributed by atoms with Crippen molar-refractivity contribution in [3.63, 3.8) is 0 Å². The Bertz CT molecular complexity index is 801. The van der Waals surface area contributed by atoms with Crippen LogP contribution in [0.2, 0.25) is 0 Å². The summed E-state index contributed by atoms with van der Waals surface area (Å²) in [6.07, 6.45) is 0. The first kappa shape index (κ1) is 14.0. The minimum Gasteiger partial charge on any atom is -0.295 e. The summed E-state index contributed by atoms with van der Waals surface area (Å²) in [4.78, 5) is 4.51. The van der Waals surface area contributed by atoms with Crippen molar-refractivity contribution in [3.8, 4) is 5.69 Å². The van der Waals surface area contributed by atoms with E-state index in [2.05, 4.69) is 36.8 Å². The zero-order valence-corrected chi connectivity index (χ0v) is 14.0. The van der Waals surface area contributed by atoms with E-state index in [0.29, 0.717) is 4.47 Å². The number of imidazole rings is 1. The van der Waals surface area contributed by atoms with Gasteiger partial charge in [-0.2, -0.15) is 0 Å². The zero-order valence-electron chi connectivity index (χ0n) is 10.1. The highest BCUT2D eigenvalue weighted by molar-refractivity contribution is 9.10. The number of hydrogen-bond acceptors (Lipinski definition) is 1. The maximum absolute atomic E-state index is 13.4. The predicted octanol–water partition coefficient (Wildman–Crippen LogP) is 5.43. The van der Waals surface area contributed by atoms with Gasteiger partial charge in [-0.05, 0) is 52.3 Å². The fourth-order valence-electron chi connectivity index (χ4n) is 2.11. The molecule has 0 fully saturated rings. The van der Waals surface area contributed by atoms with Gasteiger partial charge in [0.25, 0.3) is 0 Å². The lowest BCUT2D eigenvalue weighted by Gasteiger charge is -2.08. The van der Waals surface area contributed by atoms with E-state index in [1.165, 1.54) is 6.07 Å². The Kier molecular flexibility index (Phi) is 3.84. The Labute approximate surface area is 136 Å². The van der Waals surface area contributed by atoms with E-state index >= 15 is 0 Å². The molecule has 0 atom stereocenters. The molecular weight excluding hydrogens is 410 g/mol. The smallest absolute Gasteiger partial charge is 0.137 e. The Morgan fingerprint density at radius 2 is 1.95 bits per heavy atom. The molecule has 0 saturated carbocycles. The van der Waals surface area contributed by atoms with Crippen molar-refractivity contribution in [2.75, 3.05) is 0 Å². The number of fused-ring (bicyclic) bond motifs is 1. The summed E-state index contributed by atoms with van der Waals surface area (Å²) in [7, 11) is 0. The van der Waals surface area contributed by atoms with E-state index in [0.717, 1.165) is 27.0 Å². The lowest BCUT2D eigenvalue weighted by atomic mass is 10.2. The molecule has 2 nitrogen and oxygen atoms in total. The van der Waals surface area contributed by atoms with Gasteiger partial charge in [-0.25, -0.2) is 9.37 Å². The van der Waals surface area contributed by atoms with Crippen LogP contribution in [-0.4, -0.2) is 9.55 Å². The number of benzene rings is 2. The van der Waals surface area contributed by atoms with E-state index < -0.39 is 0 Å². The van der Waals surface area contributed by atoms with E-state index in [1.54, 1.807) is 12.1 Å². The van der Waals surface area contributed by atoms with Gasteiger partial charge in [0.1, 0.15) is 11.6 Å². The molecule has 0 aliphatic heterocycles. The minimum absolute atomic E-state index is 0.279. The largest absolute Gasteiger partial charge is 0.295 e. The van der Waals surface area contributed by atoms with Gasteiger partial charge in [0.2, 0.25) is 0 Å². The van der Waals surface area contributed by atoms with Crippen molar-refractivity contribution in [1.82, 2.24) is 9.55 Å². The van der Waals surface area contributed by atoms with Crippen molar-refractivity contribution in [2.24, 2.45) is 0 Å². The first-order chi connectivity index (χ1) is 9.60. The van der Waals surface area contributed by atoms with Gasteiger partial charge in [0.15, 0.2) is 0 Å². The normalized spacial score (nSPS) is 11.2. The lowest BCUT2D eigenvalue weighted by Crippen LogP contribution is -1.99.